The first kappa shape index (κ1) is 19.3. The molecule has 0 saturated heterocycles. The maximum Gasteiger partial charge on any atom is 0.274 e. The molecule has 31 heavy (non-hydrogen) atoms. The Kier molecular flexibility index (Phi) is 4.71. The summed E-state index contributed by atoms with van der Waals surface area (Å²) in [6.07, 6.45) is 3.37. The van der Waals surface area contributed by atoms with E-state index in [2.05, 4.69) is 20.7 Å². The highest BCUT2D eigenvalue weighted by molar-refractivity contribution is 6.38. The number of pyridine rings is 1. The average molecular weight is 435 g/mol. The largest absolute Gasteiger partial charge is 0.349 e. The molecule has 0 spiro atoms. The van der Waals surface area contributed by atoms with Gasteiger partial charge in [0.1, 0.15) is 17.0 Å². The summed E-state index contributed by atoms with van der Waals surface area (Å²) >= 11 is 6.43. The highest BCUT2D eigenvalue weighted by Crippen LogP contribution is 2.34. The fraction of sp³-hybridized carbons (Fsp3) is 0.182. The van der Waals surface area contributed by atoms with E-state index in [9.17, 15) is 9.59 Å². The molecule has 1 aromatic carbocycles. The van der Waals surface area contributed by atoms with E-state index in [-0.39, 0.29) is 23.6 Å². The number of hydrogen-bond acceptors (Lipinski definition) is 4. The van der Waals surface area contributed by atoms with Crippen LogP contribution >= 0.6 is 11.6 Å². The lowest BCUT2D eigenvalue weighted by atomic mass is 10.2. The van der Waals surface area contributed by atoms with E-state index < -0.39 is 0 Å². The number of carbonyl (C=O) groups is 2. The molecule has 0 aliphatic carbocycles. The van der Waals surface area contributed by atoms with Crippen LogP contribution in [0, 0.1) is 0 Å². The summed E-state index contributed by atoms with van der Waals surface area (Å²) in [6.45, 7) is 3.05. The molecule has 0 fully saturated rings. The van der Waals surface area contributed by atoms with Crippen molar-refractivity contribution >= 4 is 40.1 Å². The lowest BCUT2D eigenvalue weighted by Crippen LogP contribution is -2.37. The molecule has 1 aliphatic heterocycles. The number of anilines is 1. The second-order valence-electron chi connectivity index (χ2n) is 7.53. The zero-order chi connectivity index (χ0) is 21.5. The number of halogens is 1. The lowest BCUT2D eigenvalue weighted by molar-refractivity contribution is 0.0919. The van der Waals surface area contributed by atoms with Crippen molar-refractivity contribution in [1.29, 1.82) is 0 Å². The molecule has 0 bridgehead atoms. The van der Waals surface area contributed by atoms with Crippen molar-refractivity contribution in [3.8, 4) is 0 Å². The molecule has 5 rings (SSSR count). The standard InChI is InChI=1S/C22H19ClN6O2/c1-13-9-24-22(31)19-18(23)16-7-8-17(27-20(16)29(13)19)21(30)26-15-10-25-28(12-15)11-14-5-3-2-4-6-14/h2-8,10,12-13H,9,11H2,1H3,(H,24,31)(H,26,30)/t13-/m1/s1. The molecular formula is C22H19ClN6O2. The molecule has 2 N–H and O–H groups in total. The average Bonchev–Trinajstić information content (AvgIpc) is 3.33. The number of rotatable bonds is 4. The zero-order valence-electron chi connectivity index (χ0n) is 16.7. The van der Waals surface area contributed by atoms with Crippen LogP contribution in [0.2, 0.25) is 5.02 Å². The Bertz CT molecular complexity index is 1310. The number of carbonyl (C=O) groups excluding carboxylic acids is 2. The van der Waals surface area contributed by atoms with Crippen LogP contribution < -0.4 is 10.6 Å². The molecule has 0 radical (unpaired) electrons. The molecule has 8 nitrogen and oxygen atoms in total. The fourth-order valence-electron chi connectivity index (χ4n) is 3.80. The van der Waals surface area contributed by atoms with Gasteiger partial charge in [-0.05, 0) is 24.6 Å². The number of nitrogens with zero attached hydrogens (tertiary/aromatic N) is 4. The normalized spacial score (nSPS) is 15.5. The van der Waals surface area contributed by atoms with E-state index in [1.807, 2.05) is 37.3 Å². The van der Waals surface area contributed by atoms with Crippen LogP contribution in [0.25, 0.3) is 11.0 Å². The van der Waals surface area contributed by atoms with E-state index in [1.54, 1.807) is 33.8 Å². The number of benzene rings is 1. The van der Waals surface area contributed by atoms with Crippen molar-refractivity contribution in [2.24, 2.45) is 0 Å². The topological polar surface area (TPSA) is 93.8 Å². The van der Waals surface area contributed by atoms with Gasteiger partial charge in [0.2, 0.25) is 0 Å². The minimum Gasteiger partial charge on any atom is -0.349 e. The van der Waals surface area contributed by atoms with Gasteiger partial charge in [0.25, 0.3) is 11.8 Å². The van der Waals surface area contributed by atoms with Crippen LogP contribution in [0.4, 0.5) is 5.69 Å². The zero-order valence-corrected chi connectivity index (χ0v) is 17.4. The quantitative estimate of drug-likeness (QED) is 0.514. The first-order valence-electron chi connectivity index (χ1n) is 9.87. The van der Waals surface area contributed by atoms with Gasteiger partial charge >= 0.3 is 0 Å². The van der Waals surface area contributed by atoms with Crippen molar-refractivity contribution < 1.29 is 9.59 Å². The summed E-state index contributed by atoms with van der Waals surface area (Å²) in [5, 5.41) is 10.9. The number of amides is 2. The second-order valence-corrected chi connectivity index (χ2v) is 7.90. The van der Waals surface area contributed by atoms with Crippen molar-refractivity contribution in [3.63, 3.8) is 0 Å². The Hall–Kier alpha value is -3.65. The monoisotopic (exact) mass is 434 g/mol. The Balaban J connectivity index is 1.41. The summed E-state index contributed by atoms with van der Waals surface area (Å²) in [4.78, 5) is 29.6. The van der Waals surface area contributed by atoms with Crippen molar-refractivity contribution in [2.75, 3.05) is 11.9 Å². The SMILES string of the molecule is C[C@@H]1CNC(=O)c2c(Cl)c3ccc(C(=O)Nc4cnn(Cc5ccccc5)c4)nc3n21. The van der Waals surface area contributed by atoms with Gasteiger partial charge < -0.3 is 15.2 Å². The van der Waals surface area contributed by atoms with Gasteiger partial charge in [-0.3, -0.25) is 14.3 Å². The molecule has 3 aromatic heterocycles. The van der Waals surface area contributed by atoms with Crippen LogP contribution in [-0.4, -0.2) is 37.7 Å². The Morgan fingerprint density at radius 3 is 2.87 bits per heavy atom. The molecule has 4 heterocycles. The lowest BCUT2D eigenvalue weighted by Gasteiger charge is -2.23. The van der Waals surface area contributed by atoms with Gasteiger partial charge in [0.15, 0.2) is 0 Å². The maximum absolute atomic E-state index is 12.8. The van der Waals surface area contributed by atoms with Gasteiger partial charge in [-0.25, -0.2) is 4.98 Å². The molecular weight excluding hydrogens is 416 g/mol. The fourth-order valence-corrected chi connectivity index (χ4v) is 4.13. The van der Waals surface area contributed by atoms with Gasteiger partial charge in [0, 0.05) is 18.1 Å². The van der Waals surface area contributed by atoms with Gasteiger partial charge in [0.05, 0.1) is 29.5 Å². The Morgan fingerprint density at radius 1 is 1.26 bits per heavy atom. The molecule has 1 aliphatic rings. The predicted molar refractivity (Wildman–Crippen MR) is 118 cm³/mol. The maximum atomic E-state index is 12.8. The molecule has 9 heteroatoms. The second kappa shape index (κ2) is 7.55. The summed E-state index contributed by atoms with van der Waals surface area (Å²) in [6, 6.07) is 13.2. The van der Waals surface area contributed by atoms with Gasteiger partial charge in [-0.1, -0.05) is 41.9 Å². The Morgan fingerprint density at radius 2 is 2.06 bits per heavy atom. The van der Waals surface area contributed by atoms with Crippen molar-refractivity contribution in [1.82, 2.24) is 24.6 Å². The first-order chi connectivity index (χ1) is 15.0. The van der Waals surface area contributed by atoms with Crippen molar-refractivity contribution in [2.45, 2.75) is 19.5 Å². The van der Waals surface area contributed by atoms with E-state index in [1.165, 1.54) is 0 Å². The van der Waals surface area contributed by atoms with Crippen LogP contribution in [0.5, 0.6) is 0 Å². The third kappa shape index (κ3) is 3.44. The number of hydrogen-bond donors (Lipinski definition) is 2. The van der Waals surface area contributed by atoms with Gasteiger partial charge in [-0.2, -0.15) is 5.10 Å². The third-order valence-electron chi connectivity index (χ3n) is 5.31. The number of aromatic nitrogens is 4. The van der Waals surface area contributed by atoms with E-state index in [0.717, 1.165) is 5.56 Å². The molecule has 1 atom stereocenters. The molecule has 156 valence electrons. The van der Waals surface area contributed by atoms with Crippen LogP contribution in [0.15, 0.2) is 54.9 Å². The molecule has 2 amide bonds. The minimum absolute atomic E-state index is 0.0234. The van der Waals surface area contributed by atoms with E-state index in [0.29, 0.717) is 40.5 Å². The van der Waals surface area contributed by atoms with E-state index in [4.69, 9.17) is 11.6 Å². The summed E-state index contributed by atoms with van der Waals surface area (Å²) in [7, 11) is 0. The minimum atomic E-state index is -0.360. The van der Waals surface area contributed by atoms with Gasteiger partial charge in [-0.15, -0.1) is 0 Å². The number of nitrogens with one attached hydrogen (secondary N) is 2. The molecule has 4 aromatic rings. The van der Waals surface area contributed by atoms with Crippen molar-refractivity contribution in [3.05, 3.63) is 76.8 Å². The summed E-state index contributed by atoms with van der Waals surface area (Å²) < 4.78 is 3.55. The summed E-state index contributed by atoms with van der Waals surface area (Å²) in [5.74, 6) is -0.598. The van der Waals surface area contributed by atoms with Crippen LogP contribution in [0.3, 0.4) is 0 Å². The highest BCUT2D eigenvalue weighted by atomic mass is 35.5. The molecule has 0 saturated carbocycles. The Labute approximate surface area is 182 Å². The van der Waals surface area contributed by atoms with Crippen LogP contribution in [-0.2, 0) is 6.54 Å². The smallest absolute Gasteiger partial charge is 0.274 e. The highest BCUT2D eigenvalue weighted by Gasteiger charge is 2.29. The predicted octanol–water partition coefficient (Wildman–Crippen LogP) is 3.49. The first-order valence-corrected chi connectivity index (χ1v) is 10.3. The third-order valence-corrected chi connectivity index (χ3v) is 5.70. The molecule has 0 unspecified atom stereocenters. The number of fused-ring (bicyclic) bond motifs is 3. The summed E-state index contributed by atoms with van der Waals surface area (Å²) in [5.41, 5.74) is 2.82. The van der Waals surface area contributed by atoms with E-state index >= 15 is 0 Å². The van der Waals surface area contributed by atoms with Crippen LogP contribution in [0.1, 0.15) is 39.5 Å².